The number of urea groups is 1. The molecule has 11 nitrogen and oxygen atoms in total. The van der Waals surface area contributed by atoms with Gasteiger partial charge in [0.1, 0.15) is 19.5 Å². The summed E-state index contributed by atoms with van der Waals surface area (Å²) in [7, 11) is 3.08. The number of nitrogens with zero attached hydrogens (tertiary/aromatic N) is 4. The molecule has 6 rings (SSSR count). The van der Waals surface area contributed by atoms with Gasteiger partial charge >= 0.3 is 6.03 Å². The van der Waals surface area contributed by atoms with Crippen LogP contribution in [0, 0.1) is 0 Å². The summed E-state index contributed by atoms with van der Waals surface area (Å²) in [5, 5.41) is 6.51. The van der Waals surface area contributed by atoms with Crippen molar-refractivity contribution in [3.05, 3.63) is 84.3 Å². The molecule has 212 valence electrons. The first-order valence-corrected chi connectivity index (χ1v) is 13.3. The molecule has 0 bridgehead atoms. The lowest BCUT2D eigenvalue weighted by Gasteiger charge is -2.28. The van der Waals surface area contributed by atoms with Gasteiger partial charge in [0.25, 0.3) is 0 Å². The zero-order valence-electron chi connectivity index (χ0n) is 22.6. The fraction of sp³-hybridized carbons (Fsp3) is 0.133. The minimum absolute atomic E-state index is 0.317. The van der Waals surface area contributed by atoms with Crippen LogP contribution in [-0.2, 0) is 0 Å². The van der Waals surface area contributed by atoms with Crippen molar-refractivity contribution in [2.24, 2.45) is 0 Å². The highest BCUT2D eigenvalue weighted by atomic mass is 35.5. The highest BCUT2D eigenvalue weighted by Crippen LogP contribution is 2.49. The molecule has 0 saturated carbocycles. The van der Waals surface area contributed by atoms with Crippen molar-refractivity contribution < 1.29 is 23.7 Å². The van der Waals surface area contributed by atoms with Crippen molar-refractivity contribution in [1.29, 1.82) is 0 Å². The van der Waals surface area contributed by atoms with E-state index in [-0.39, 0.29) is 0 Å². The van der Waals surface area contributed by atoms with Crippen LogP contribution < -0.4 is 34.5 Å². The van der Waals surface area contributed by atoms with Crippen LogP contribution in [0.25, 0.3) is 10.9 Å². The lowest BCUT2D eigenvalue weighted by molar-refractivity contribution is 0.167. The smallest absolute Gasteiger partial charge is 0.323 e. The van der Waals surface area contributed by atoms with E-state index in [1.54, 1.807) is 37.4 Å². The molecule has 1 aliphatic heterocycles. The van der Waals surface area contributed by atoms with E-state index >= 15 is 0 Å². The Balaban J connectivity index is 1.39. The number of halogens is 1. The average molecular weight is 585 g/mol. The third-order valence-corrected chi connectivity index (χ3v) is 6.78. The van der Waals surface area contributed by atoms with E-state index in [4.69, 9.17) is 30.5 Å². The quantitative estimate of drug-likeness (QED) is 0.218. The number of aromatic nitrogens is 3. The molecule has 0 fully saturated rings. The Hall–Kier alpha value is -5.29. The number of pyridine rings is 1. The molecular weight excluding hydrogens is 560 g/mol. The van der Waals surface area contributed by atoms with E-state index in [1.807, 2.05) is 41.3 Å². The van der Waals surface area contributed by atoms with Gasteiger partial charge in [-0.2, -0.15) is 0 Å². The maximum absolute atomic E-state index is 12.7. The van der Waals surface area contributed by atoms with Crippen LogP contribution in [0.5, 0.6) is 23.1 Å². The molecule has 1 aliphatic rings. The Morgan fingerprint density at radius 1 is 0.881 bits per heavy atom. The molecule has 12 heteroatoms. The number of fused-ring (bicyclic) bond motifs is 3. The Labute approximate surface area is 246 Å². The standard InChI is InChI=1S/C30H25ClN6O5/c1-39-24-16-23-26(28-27(24)41-12-13-42-28)29(34-17-33-23)37(19-6-4-3-5-7-19)20-8-9-22(21(31)15-20)36-30(38)35-18-10-11-32-25(14-18)40-2/h3-11,14-17H,12-13H2,1-2H3,(H2,32,35,36,38). The molecule has 3 heterocycles. The topological polar surface area (TPSA) is 120 Å². The Morgan fingerprint density at radius 3 is 2.45 bits per heavy atom. The third-order valence-electron chi connectivity index (χ3n) is 6.46. The van der Waals surface area contributed by atoms with Gasteiger partial charge in [-0.3, -0.25) is 4.90 Å². The fourth-order valence-electron chi connectivity index (χ4n) is 4.61. The van der Waals surface area contributed by atoms with E-state index in [0.29, 0.717) is 75.1 Å². The summed E-state index contributed by atoms with van der Waals surface area (Å²) in [6, 6.07) is 19.6. The maximum Gasteiger partial charge on any atom is 0.323 e. The summed E-state index contributed by atoms with van der Waals surface area (Å²) in [4.78, 5) is 27.9. The zero-order chi connectivity index (χ0) is 29.1. The second-order valence-corrected chi connectivity index (χ2v) is 9.43. The van der Waals surface area contributed by atoms with Crippen LogP contribution in [0.15, 0.2) is 79.3 Å². The zero-order valence-corrected chi connectivity index (χ0v) is 23.4. The third kappa shape index (κ3) is 5.25. The molecule has 2 aromatic heterocycles. The van der Waals surface area contributed by atoms with Crippen LogP contribution in [0.2, 0.25) is 5.02 Å². The lowest BCUT2D eigenvalue weighted by atomic mass is 10.1. The van der Waals surface area contributed by atoms with E-state index in [0.717, 1.165) is 5.69 Å². The summed E-state index contributed by atoms with van der Waals surface area (Å²) >= 11 is 6.72. The van der Waals surface area contributed by atoms with Crippen molar-refractivity contribution >= 4 is 57.1 Å². The number of carbonyl (C=O) groups excluding carboxylic acids is 1. The summed E-state index contributed by atoms with van der Waals surface area (Å²) in [6.07, 6.45) is 3.02. The first-order valence-electron chi connectivity index (χ1n) is 12.9. The number of ether oxygens (including phenoxy) is 4. The number of methoxy groups -OCH3 is 2. The molecule has 0 spiro atoms. The molecule has 0 atom stereocenters. The molecule has 2 amide bonds. The number of hydrogen-bond acceptors (Lipinski definition) is 9. The summed E-state index contributed by atoms with van der Waals surface area (Å²) < 4.78 is 22.7. The number of amides is 2. The van der Waals surface area contributed by atoms with Crippen LogP contribution in [0.1, 0.15) is 0 Å². The summed E-state index contributed by atoms with van der Waals surface area (Å²) in [6.45, 7) is 0.766. The molecule has 0 unspecified atom stereocenters. The molecule has 3 aromatic carbocycles. The first kappa shape index (κ1) is 26.9. The molecule has 0 saturated heterocycles. The molecular formula is C30H25ClN6O5. The van der Waals surface area contributed by atoms with Gasteiger partial charge in [-0.05, 0) is 36.4 Å². The lowest BCUT2D eigenvalue weighted by Crippen LogP contribution is -2.20. The van der Waals surface area contributed by atoms with Crippen molar-refractivity contribution in [2.75, 3.05) is 43.0 Å². The van der Waals surface area contributed by atoms with Gasteiger partial charge in [-0.25, -0.2) is 19.7 Å². The highest BCUT2D eigenvalue weighted by Gasteiger charge is 2.27. The number of para-hydroxylation sites is 1. The van der Waals surface area contributed by atoms with Gasteiger partial charge in [0.15, 0.2) is 17.3 Å². The molecule has 5 aromatic rings. The Kier molecular flexibility index (Phi) is 7.48. The van der Waals surface area contributed by atoms with Gasteiger partial charge in [-0.1, -0.05) is 29.8 Å². The van der Waals surface area contributed by atoms with Gasteiger partial charge < -0.3 is 29.6 Å². The number of hydrogen-bond donors (Lipinski definition) is 2. The average Bonchev–Trinajstić information content (AvgIpc) is 3.02. The van der Waals surface area contributed by atoms with Crippen molar-refractivity contribution in [2.45, 2.75) is 0 Å². The SMILES string of the molecule is COc1cc(NC(=O)Nc2ccc(N(c3ccccc3)c3ncnc4cc(OC)c5c(c34)OCCO5)cc2Cl)ccn1. The van der Waals surface area contributed by atoms with Gasteiger partial charge in [0, 0.05) is 35.4 Å². The van der Waals surface area contributed by atoms with Crippen molar-refractivity contribution in [1.82, 2.24) is 15.0 Å². The highest BCUT2D eigenvalue weighted by molar-refractivity contribution is 6.34. The van der Waals surface area contributed by atoms with E-state index in [2.05, 4.69) is 25.6 Å². The van der Waals surface area contributed by atoms with Gasteiger partial charge in [0.05, 0.1) is 35.8 Å². The van der Waals surface area contributed by atoms with E-state index in [1.165, 1.54) is 19.6 Å². The number of anilines is 5. The molecule has 0 radical (unpaired) electrons. The molecule has 2 N–H and O–H groups in total. The fourth-order valence-corrected chi connectivity index (χ4v) is 4.84. The number of benzene rings is 3. The van der Waals surface area contributed by atoms with E-state index in [9.17, 15) is 4.79 Å². The van der Waals surface area contributed by atoms with Crippen LogP contribution in [0.3, 0.4) is 0 Å². The number of nitrogens with one attached hydrogen (secondary N) is 2. The van der Waals surface area contributed by atoms with Crippen molar-refractivity contribution in [3.63, 3.8) is 0 Å². The normalized spacial score (nSPS) is 12.0. The monoisotopic (exact) mass is 584 g/mol. The summed E-state index contributed by atoms with van der Waals surface area (Å²) in [5.41, 5.74) is 3.07. The van der Waals surface area contributed by atoms with Crippen molar-refractivity contribution in [3.8, 4) is 23.1 Å². The Morgan fingerprint density at radius 2 is 1.69 bits per heavy atom. The maximum atomic E-state index is 12.7. The van der Waals surface area contributed by atoms with Gasteiger partial charge in [-0.15, -0.1) is 0 Å². The minimum Gasteiger partial charge on any atom is -0.493 e. The molecule has 0 aliphatic carbocycles. The van der Waals surface area contributed by atoms with Gasteiger partial charge in [0.2, 0.25) is 11.6 Å². The first-order chi connectivity index (χ1) is 20.6. The summed E-state index contributed by atoms with van der Waals surface area (Å²) in [5.74, 6) is 2.45. The van der Waals surface area contributed by atoms with Crippen LogP contribution in [-0.4, -0.2) is 48.4 Å². The van der Waals surface area contributed by atoms with Crippen LogP contribution in [0.4, 0.5) is 33.4 Å². The largest absolute Gasteiger partial charge is 0.493 e. The second-order valence-electron chi connectivity index (χ2n) is 9.03. The molecule has 42 heavy (non-hydrogen) atoms. The minimum atomic E-state index is -0.475. The van der Waals surface area contributed by atoms with E-state index < -0.39 is 6.03 Å². The predicted octanol–water partition coefficient (Wildman–Crippen LogP) is 6.58. The second kappa shape index (κ2) is 11.7. The Bertz CT molecular complexity index is 1770. The predicted molar refractivity (Wildman–Crippen MR) is 160 cm³/mol. The number of rotatable bonds is 7. The van der Waals surface area contributed by atoms with Crippen LogP contribution >= 0.6 is 11.6 Å². The number of carbonyl (C=O) groups is 1.